The van der Waals surface area contributed by atoms with Crippen molar-refractivity contribution in [3.63, 3.8) is 0 Å². The van der Waals surface area contributed by atoms with Crippen LogP contribution in [0.5, 0.6) is 0 Å². The van der Waals surface area contributed by atoms with Gasteiger partial charge in [-0.15, -0.1) is 0 Å². The molecule has 1 aromatic heterocycles. The molecule has 1 aromatic carbocycles. The van der Waals surface area contributed by atoms with Crippen LogP contribution in [-0.2, 0) is 17.9 Å². The van der Waals surface area contributed by atoms with Crippen molar-refractivity contribution in [2.24, 2.45) is 0 Å². The van der Waals surface area contributed by atoms with Crippen molar-refractivity contribution in [2.45, 2.75) is 19.5 Å². The third-order valence-corrected chi connectivity index (χ3v) is 3.38. The van der Waals surface area contributed by atoms with Gasteiger partial charge in [0.05, 0.1) is 0 Å². The number of halogens is 1. The molecule has 4 nitrogen and oxygen atoms in total. The van der Waals surface area contributed by atoms with E-state index in [-0.39, 0.29) is 5.91 Å². The molecule has 0 radical (unpaired) electrons. The highest BCUT2D eigenvalue weighted by atomic mass is 35.5. The topological polar surface area (TPSA) is 54.0 Å². The summed E-state index contributed by atoms with van der Waals surface area (Å²) in [6.45, 7) is 1.79. The zero-order valence-corrected chi connectivity index (χ0v) is 12.4. The number of hydrogen-bond donors (Lipinski definition) is 2. The third-order valence-electron chi connectivity index (χ3n) is 3.01. The Balaban J connectivity index is 1.62. The third kappa shape index (κ3) is 5.53. The number of carbonyl (C=O) groups is 1. The van der Waals surface area contributed by atoms with Gasteiger partial charge in [0.25, 0.3) is 0 Å². The van der Waals surface area contributed by atoms with Gasteiger partial charge in [-0.25, -0.2) is 0 Å². The highest BCUT2D eigenvalue weighted by molar-refractivity contribution is 6.31. The minimum atomic E-state index is 0.0190. The van der Waals surface area contributed by atoms with Crippen molar-refractivity contribution in [3.8, 4) is 0 Å². The van der Waals surface area contributed by atoms with Crippen LogP contribution >= 0.6 is 11.6 Å². The summed E-state index contributed by atoms with van der Waals surface area (Å²) in [5, 5.41) is 6.82. The SMILES string of the molecule is O=C(CCNCc1ccccc1Cl)NCc1cccnc1. The van der Waals surface area contributed by atoms with Crippen molar-refractivity contribution < 1.29 is 4.79 Å². The lowest BCUT2D eigenvalue weighted by molar-refractivity contribution is -0.121. The molecule has 21 heavy (non-hydrogen) atoms. The lowest BCUT2D eigenvalue weighted by Crippen LogP contribution is -2.27. The van der Waals surface area contributed by atoms with Crippen molar-refractivity contribution in [2.75, 3.05) is 6.54 Å². The minimum absolute atomic E-state index is 0.0190. The van der Waals surface area contributed by atoms with E-state index >= 15 is 0 Å². The number of carbonyl (C=O) groups excluding carboxylic acids is 1. The summed E-state index contributed by atoms with van der Waals surface area (Å²) in [5.41, 5.74) is 2.03. The second-order valence-electron chi connectivity index (χ2n) is 4.66. The van der Waals surface area contributed by atoms with Gasteiger partial charge in [-0.1, -0.05) is 35.9 Å². The van der Waals surface area contributed by atoms with E-state index in [9.17, 15) is 4.79 Å². The Morgan fingerprint density at radius 3 is 2.76 bits per heavy atom. The van der Waals surface area contributed by atoms with E-state index in [4.69, 9.17) is 11.6 Å². The Kier molecular flexibility index (Phi) is 6.19. The number of nitrogens with one attached hydrogen (secondary N) is 2. The first-order valence-electron chi connectivity index (χ1n) is 6.85. The maximum absolute atomic E-state index is 11.7. The van der Waals surface area contributed by atoms with E-state index in [1.807, 2.05) is 36.4 Å². The van der Waals surface area contributed by atoms with Crippen molar-refractivity contribution in [1.82, 2.24) is 15.6 Å². The van der Waals surface area contributed by atoms with E-state index in [0.717, 1.165) is 16.1 Å². The van der Waals surface area contributed by atoms with Gasteiger partial charge in [0.15, 0.2) is 0 Å². The predicted octanol–water partition coefficient (Wildman–Crippen LogP) is 2.53. The quantitative estimate of drug-likeness (QED) is 0.773. The molecule has 0 spiro atoms. The molecular formula is C16H18ClN3O. The van der Waals surface area contributed by atoms with Gasteiger partial charge in [-0.2, -0.15) is 0 Å². The van der Waals surface area contributed by atoms with Crippen LogP contribution in [0.1, 0.15) is 17.5 Å². The monoisotopic (exact) mass is 303 g/mol. The molecule has 110 valence electrons. The minimum Gasteiger partial charge on any atom is -0.352 e. The Bertz CT molecular complexity index is 575. The fraction of sp³-hybridized carbons (Fsp3) is 0.250. The summed E-state index contributed by atoms with van der Waals surface area (Å²) in [6.07, 6.45) is 3.89. The zero-order chi connectivity index (χ0) is 14.9. The first-order valence-corrected chi connectivity index (χ1v) is 7.23. The van der Waals surface area contributed by atoms with E-state index < -0.39 is 0 Å². The van der Waals surface area contributed by atoms with E-state index in [1.165, 1.54) is 0 Å². The molecule has 1 heterocycles. The number of amides is 1. The number of benzene rings is 1. The van der Waals surface area contributed by atoms with Gasteiger partial charge >= 0.3 is 0 Å². The van der Waals surface area contributed by atoms with E-state index in [2.05, 4.69) is 15.6 Å². The fourth-order valence-corrected chi connectivity index (χ4v) is 2.06. The molecule has 0 atom stereocenters. The molecule has 2 N–H and O–H groups in total. The second kappa shape index (κ2) is 8.39. The van der Waals surface area contributed by atoms with Crippen LogP contribution in [0.15, 0.2) is 48.8 Å². The molecule has 2 aromatic rings. The summed E-state index contributed by atoms with van der Waals surface area (Å²) in [5.74, 6) is 0.0190. The summed E-state index contributed by atoms with van der Waals surface area (Å²) >= 11 is 6.06. The van der Waals surface area contributed by atoms with Gasteiger partial charge in [0.2, 0.25) is 5.91 Å². The van der Waals surface area contributed by atoms with E-state index in [1.54, 1.807) is 12.4 Å². The Morgan fingerprint density at radius 2 is 2.00 bits per heavy atom. The highest BCUT2D eigenvalue weighted by Crippen LogP contribution is 2.14. The number of hydrogen-bond acceptors (Lipinski definition) is 3. The Hall–Kier alpha value is -1.91. The lowest BCUT2D eigenvalue weighted by atomic mass is 10.2. The predicted molar refractivity (Wildman–Crippen MR) is 83.9 cm³/mol. The van der Waals surface area contributed by atoms with E-state index in [0.29, 0.717) is 26.1 Å². The van der Waals surface area contributed by atoms with Crippen molar-refractivity contribution >= 4 is 17.5 Å². The molecule has 0 aliphatic carbocycles. The van der Waals surface area contributed by atoms with Gasteiger partial charge in [-0.3, -0.25) is 9.78 Å². The largest absolute Gasteiger partial charge is 0.352 e. The van der Waals surface area contributed by atoms with Crippen LogP contribution in [0.4, 0.5) is 0 Å². The number of aromatic nitrogens is 1. The molecule has 5 heteroatoms. The summed E-state index contributed by atoms with van der Waals surface area (Å²) in [7, 11) is 0. The number of pyridine rings is 1. The molecule has 2 rings (SSSR count). The maximum Gasteiger partial charge on any atom is 0.221 e. The molecule has 0 saturated carbocycles. The molecule has 0 aliphatic heterocycles. The van der Waals surface area contributed by atoms with Crippen LogP contribution < -0.4 is 10.6 Å². The smallest absolute Gasteiger partial charge is 0.221 e. The van der Waals surface area contributed by atoms with Gasteiger partial charge in [0, 0.05) is 43.5 Å². The zero-order valence-electron chi connectivity index (χ0n) is 11.7. The molecule has 0 bridgehead atoms. The Morgan fingerprint density at radius 1 is 1.14 bits per heavy atom. The molecular weight excluding hydrogens is 286 g/mol. The Labute approximate surface area is 129 Å². The van der Waals surface area contributed by atoms with Gasteiger partial charge < -0.3 is 10.6 Å². The van der Waals surface area contributed by atoms with Gasteiger partial charge in [0.1, 0.15) is 0 Å². The molecule has 0 fully saturated rings. The summed E-state index contributed by atoms with van der Waals surface area (Å²) in [4.78, 5) is 15.7. The fourth-order valence-electron chi connectivity index (χ4n) is 1.86. The molecule has 0 unspecified atom stereocenters. The van der Waals surface area contributed by atoms with Gasteiger partial charge in [-0.05, 0) is 23.3 Å². The van der Waals surface area contributed by atoms with Crippen LogP contribution in [0.25, 0.3) is 0 Å². The van der Waals surface area contributed by atoms with Crippen LogP contribution in [0.3, 0.4) is 0 Å². The number of rotatable bonds is 7. The average Bonchev–Trinajstić information content (AvgIpc) is 2.52. The first kappa shape index (κ1) is 15.5. The highest BCUT2D eigenvalue weighted by Gasteiger charge is 2.02. The number of nitrogens with zero attached hydrogens (tertiary/aromatic N) is 1. The first-order chi connectivity index (χ1) is 10.3. The normalized spacial score (nSPS) is 10.3. The van der Waals surface area contributed by atoms with Crippen molar-refractivity contribution in [3.05, 3.63) is 64.9 Å². The lowest BCUT2D eigenvalue weighted by Gasteiger charge is -2.07. The standard InChI is InChI=1S/C16H18ClN3O/c17-15-6-2-1-5-14(15)12-19-9-7-16(21)20-11-13-4-3-8-18-10-13/h1-6,8,10,19H,7,9,11-12H2,(H,20,21). The summed E-state index contributed by atoms with van der Waals surface area (Å²) in [6, 6.07) is 11.5. The summed E-state index contributed by atoms with van der Waals surface area (Å²) < 4.78 is 0. The molecule has 1 amide bonds. The second-order valence-corrected chi connectivity index (χ2v) is 5.06. The van der Waals surface area contributed by atoms with Crippen LogP contribution in [0.2, 0.25) is 5.02 Å². The van der Waals surface area contributed by atoms with Crippen molar-refractivity contribution in [1.29, 1.82) is 0 Å². The van der Waals surface area contributed by atoms with Crippen LogP contribution in [0, 0.1) is 0 Å². The molecule has 0 aliphatic rings. The van der Waals surface area contributed by atoms with Crippen LogP contribution in [-0.4, -0.2) is 17.4 Å². The molecule has 0 saturated heterocycles. The maximum atomic E-state index is 11.7. The average molecular weight is 304 g/mol.